The van der Waals surface area contributed by atoms with Gasteiger partial charge in [0.25, 0.3) is 0 Å². The van der Waals surface area contributed by atoms with Crippen LogP contribution in [0.15, 0.2) is 23.1 Å². The summed E-state index contributed by atoms with van der Waals surface area (Å²) in [5, 5.41) is 0. The third-order valence-electron chi connectivity index (χ3n) is 3.81. The molecule has 1 aromatic rings. The Hall–Kier alpha value is -1.14. The van der Waals surface area contributed by atoms with E-state index in [2.05, 4.69) is 4.72 Å². The molecule has 0 heterocycles. The van der Waals surface area contributed by atoms with Gasteiger partial charge < -0.3 is 5.73 Å². The lowest BCUT2D eigenvalue weighted by molar-refractivity contribution is 0.339. The Morgan fingerprint density at radius 2 is 1.95 bits per heavy atom. The maximum absolute atomic E-state index is 13.6. The fraction of sp³-hybridized carbons (Fsp3) is 0.571. The van der Waals surface area contributed by atoms with Gasteiger partial charge >= 0.3 is 0 Å². The van der Waals surface area contributed by atoms with Crippen molar-refractivity contribution >= 4 is 15.7 Å². The van der Waals surface area contributed by atoms with Crippen molar-refractivity contribution < 1.29 is 12.8 Å². The Morgan fingerprint density at radius 1 is 1.25 bits per heavy atom. The zero-order valence-electron chi connectivity index (χ0n) is 11.4. The van der Waals surface area contributed by atoms with E-state index >= 15 is 0 Å². The summed E-state index contributed by atoms with van der Waals surface area (Å²) in [5.41, 5.74) is 5.75. The summed E-state index contributed by atoms with van der Waals surface area (Å²) >= 11 is 0. The van der Waals surface area contributed by atoms with Gasteiger partial charge in [-0.15, -0.1) is 0 Å². The molecule has 112 valence electrons. The van der Waals surface area contributed by atoms with Crippen molar-refractivity contribution in [3.8, 4) is 0 Å². The maximum Gasteiger partial charge on any atom is 0.243 e. The molecule has 0 spiro atoms. The molecule has 0 atom stereocenters. The number of sulfonamides is 1. The fourth-order valence-corrected chi connectivity index (χ4v) is 3.83. The Morgan fingerprint density at radius 3 is 2.65 bits per heavy atom. The van der Waals surface area contributed by atoms with Gasteiger partial charge in [0.15, 0.2) is 0 Å². The van der Waals surface area contributed by atoms with Crippen LogP contribution in [0.1, 0.15) is 38.5 Å². The lowest BCUT2D eigenvalue weighted by Crippen LogP contribution is -2.27. The second-order valence-electron chi connectivity index (χ2n) is 5.38. The van der Waals surface area contributed by atoms with Crippen LogP contribution < -0.4 is 10.5 Å². The smallest absolute Gasteiger partial charge is 0.243 e. The van der Waals surface area contributed by atoms with E-state index in [0.717, 1.165) is 31.4 Å². The highest BCUT2D eigenvalue weighted by Crippen LogP contribution is 2.26. The third kappa shape index (κ3) is 3.93. The quantitative estimate of drug-likeness (QED) is 0.821. The lowest BCUT2D eigenvalue weighted by Gasteiger charge is -2.21. The number of benzene rings is 1. The normalized spacial score (nSPS) is 17.2. The van der Waals surface area contributed by atoms with E-state index in [1.807, 2.05) is 0 Å². The zero-order valence-corrected chi connectivity index (χ0v) is 12.3. The average Bonchev–Trinajstić information content (AvgIpc) is 2.42. The summed E-state index contributed by atoms with van der Waals surface area (Å²) in [5.74, 6) is -0.193. The molecule has 1 saturated carbocycles. The van der Waals surface area contributed by atoms with Gasteiger partial charge in [-0.2, -0.15) is 0 Å². The van der Waals surface area contributed by atoms with Crippen LogP contribution in [0.3, 0.4) is 0 Å². The van der Waals surface area contributed by atoms with Gasteiger partial charge in [0, 0.05) is 12.2 Å². The number of hydrogen-bond acceptors (Lipinski definition) is 3. The second-order valence-corrected chi connectivity index (χ2v) is 7.12. The van der Waals surface area contributed by atoms with Gasteiger partial charge in [-0.25, -0.2) is 17.5 Å². The predicted octanol–water partition coefficient (Wildman–Crippen LogP) is 2.66. The number of anilines is 1. The van der Waals surface area contributed by atoms with Gasteiger partial charge in [-0.3, -0.25) is 0 Å². The Bertz CT molecular complexity index is 554. The minimum Gasteiger partial charge on any atom is -0.399 e. The average molecular weight is 300 g/mol. The molecule has 0 saturated heterocycles. The number of nitrogens with one attached hydrogen (secondary N) is 1. The Kier molecular flexibility index (Phi) is 4.99. The van der Waals surface area contributed by atoms with E-state index in [1.54, 1.807) is 0 Å². The first kappa shape index (κ1) is 15.3. The molecule has 0 aliphatic heterocycles. The standard InChI is InChI=1S/C14H21FN2O2S/c15-13-7-6-12(16)10-14(13)20(18,19)17-9-8-11-4-2-1-3-5-11/h6-7,10-11,17H,1-5,8-9,16H2. The minimum atomic E-state index is -3.82. The molecule has 0 bridgehead atoms. The molecule has 1 aliphatic carbocycles. The van der Waals surface area contributed by atoms with Crippen molar-refractivity contribution in [3.05, 3.63) is 24.0 Å². The highest BCUT2D eigenvalue weighted by Gasteiger charge is 2.20. The summed E-state index contributed by atoms with van der Waals surface area (Å²) in [6.07, 6.45) is 6.85. The summed E-state index contributed by atoms with van der Waals surface area (Å²) in [6.45, 7) is 0.348. The van der Waals surface area contributed by atoms with E-state index in [4.69, 9.17) is 5.73 Å². The van der Waals surface area contributed by atoms with Crippen LogP contribution in [0.25, 0.3) is 0 Å². The summed E-state index contributed by atoms with van der Waals surface area (Å²) < 4.78 is 40.1. The van der Waals surface area contributed by atoms with E-state index in [1.165, 1.54) is 25.3 Å². The molecule has 6 heteroatoms. The number of nitrogens with two attached hydrogens (primary N) is 1. The van der Waals surface area contributed by atoms with Crippen molar-refractivity contribution in [2.45, 2.75) is 43.4 Å². The summed E-state index contributed by atoms with van der Waals surface area (Å²) in [6, 6.07) is 3.57. The molecule has 0 amide bonds. The summed E-state index contributed by atoms with van der Waals surface area (Å²) in [7, 11) is -3.82. The van der Waals surface area contributed by atoms with Crippen LogP contribution in [-0.2, 0) is 10.0 Å². The minimum absolute atomic E-state index is 0.235. The molecule has 1 aliphatic rings. The first-order valence-corrected chi connectivity index (χ1v) is 8.52. The second kappa shape index (κ2) is 6.54. The Labute approximate surface area is 119 Å². The molecule has 3 N–H and O–H groups in total. The van der Waals surface area contributed by atoms with E-state index in [-0.39, 0.29) is 10.6 Å². The molecular formula is C14H21FN2O2S. The summed E-state index contributed by atoms with van der Waals surface area (Å²) in [4.78, 5) is -0.374. The van der Waals surface area contributed by atoms with Gasteiger partial charge in [-0.05, 0) is 30.5 Å². The highest BCUT2D eigenvalue weighted by molar-refractivity contribution is 7.89. The molecule has 1 aromatic carbocycles. The van der Waals surface area contributed by atoms with Crippen LogP contribution >= 0.6 is 0 Å². The van der Waals surface area contributed by atoms with Crippen LogP contribution in [0.4, 0.5) is 10.1 Å². The SMILES string of the molecule is Nc1ccc(F)c(S(=O)(=O)NCCC2CCCCC2)c1. The number of hydrogen-bond donors (Lipinski definition) is 2. The van der Waals surface area contributed by atoms with Gasteiger partial charge in [0.2, 0.25) is 10.0 Å². The lowest BCUT2D eigenvalue weighted by atomic mass is 9.87. The van der Waals surface area contributed by atoms with Crippen molar-refractivity contribution in [1.82, 2.24) is 4.72 Å². The van der Waals surface area contributed by atoms with Crippen LogP contribution in [-0.4, -0.2) is 15.0 Å². The largest absolute Gasteiger partial charge is 0.399 e. The number of nitrogen functional groups attached to an aromatic ring is 1. The van der Waals surface area contributed by atoms with Crippen LogP contribution in [0.2, 0.25) is 0 Å². The molecule has 20 heavy (non-hydrogen) atoms. The monoisotopic (exact) mass is 300 g/mol. The fourth-order valence-electron chi connectivity index (χ4n) is 2.68. The van der Waals surface area contributed by atoms with Gasteiger partial charge in [-0.1, -0.05) is 32.1 Å². The van der Waals surface area contributed by atoms with Gasteiger partial charge in [0.1, 0.15) is 10.7 Å². The van der Waals surface area contributed by atoms with Crippen molar-refractivity contribution in [1.29, 1.82) is 0 Å². The van der Waals surface area contributed by atoms with Gasteiger partial charge in [0.05, 0.1) is 0 Å². The predicted molar refractivity (Wildman–Crippen MR) is 77.2 cm³/mol. The van der Waals surface area contributed by atoms with Crippen molar-refractivity contribution in [2.75, 3.05) is 12.3 Å². The Balaban J connectivity index is 1.95. The first-order valence-electron chi connectivity index (χ1n) is 7.04. The van der Waals surface area contributed by atoms with E-state index in [9.17, 15) is 12.8 Å². The highest BCUT2D eigenvalue weighted by atomic mass is 32.2. The third-order valence-corrected chi connectivity index (χ3v) is 5.29. The molecule has 2 rings (SSSR count). The van der Waals surface area contributed by atoms with E-state index < -0.39 is 15.8 Å². The number of halogens is 1. The van der Waals surface area contributed by atoms with Crippen molar-refractivity contribution in [2.24, 2.45) is 5.92 Å². The molecule has 0 unspecified atom stereocenters. The molecular weight excluding hydrogens is 279 g/mol. The van der Waals surface area contributed by atoms with Crippen LogP contribution in [0.5, 0.6) is 0 Å². The maximum atomic E-state index is 13.6. The van der Waals surface area contributed by atoms with Crippen LogP contribution in [0, 0.1) is 11.7 Å². The molecule has 0 radical (unpaired) electrons. The van der Waals surface area contributed by atoms with Crippen molar-refractivity contribution in [3.63, 3.8) is 0 Å². The number of rotatable bonds is 5. The molecule has 0 aromatic heterocycles. The molecule has 1 fully saturated rings. The topological polar surface area (TPSA) is 72.2 Å². The molecule has 4 nitrogen and oxygen atoms in total. The first-order chi connectivity index (χ1) is 9.49. The van der Waals surface area contributed by atoms with E-state index in [0.29, 0.717) is 12.5 Å². The zero-order chi connectivity index (χ0) is 14.6.